The van der Waals surface area contributed by atoms with E-state index in [0.29, 0.717) is 22.9 Å². The molecule has 0 amide bonds. The molecule has 7 heteroatoms. The fourth-order valence-electron chi connectivity index (χ4n) is 3.51. The van der Waals surface area contributed by atoms with Gasteiger partial charge in [-0.1, -0.05) is 50.6 Å². The van der Waals surface area contributed by atoms with Gasteiger partial charge in [0.1, 0.15) is 5.75 Å². The number of carbonyl (C=O) groups is 1. The minimum atomic E-state index is -1.28. The lowest BCUT2D eigenvalue weighted by atomic mass is 10.1. The molecule has 0 saturated carbocycles. The Kier molecular flexibility index (Phi) is 9.30. The van der Waals surface area contributed by atoms with Crippen LogP contribution in [-0.4, -0.2) is 27.5 Å². The van der Waals surface area contributed by atoms with E-state index < -0.39 is 5.97 Å². The highest BCUT2D eigenvalue weighted by molar-refractivity contribution is 6.30. The number of nitrogens with zero attached hydrogens (tertiary/aromatic N) is 3. The van der Waals surface area contributed by atoms with Gasteiger partial charge < -0.3 is 9.84 Å². The van der Waals surface area contributed by atoms with Gasteiger partial charge in [-0.25, -0.2) is 9.53 Å². The van der Waals surface area contributed by atoms with Crippen molar-refractivity contribution in [1.29, 1.82) is 0 Å². The van der Waals surface area contributed by atoms with Crippen molar-refractivity contribution in [3.8, 4) is 22.7 Å². The van der Waals surface area contributed by atoms with Crippen molar-refractivity contribution in [2.24, 2.45) is 0 Å². The third kappa shape index (κ3) is 6.97. The van der Waals surface area contributed by atoms with E-state index in [1.807, 2.05) is 36.4 Å². The second-order valence-corrected chi connectivity index (χ2v) is 8.38. The molecule has 3 aromatic rings. The number of rotatable bonds is 12. The number of benzene rings is 2. The van der Waals surface area contributed by atoms with Gasteiger partial charge in [0.2, 0.25) is 0 Å². The van der Waals surface area contributed by atoms with Gasteiger partial charge in [0.15, 0.2) is 0 Å². The van der Waals surface area contributed by atoms with Crippen molar-refractivity contribution in [3.05, 3.63) is 82.4 Å². The fourth-order valence-corrected chi connectivity index (χ4v) is 3.64. The predicted octanol–water partition coefficient (Wildman–Crippen LogP) is 7.28. The highest BCUT2D eigenvalue weighted by Crippen LogP contribution is 2.28. The van der Waals surface area contributed by atoms with Crippen LogP contribution in [0.15, 0.2) is 60.4 Å². The maximum absolute atomic E-state index is 11.4. The van der Waals surface area contributed by atoms with E-state index in [4.69, 9.17) is 22.9 Å². The van der Waals surface area contributed by atoms with Crippen LogP contribution in [0.1, 0.15) is 51.0 Å². The Bertz CT molecular complexity index is 1160. The number of carboxylic acids is 1. The van der Waals surface area contributed by atoms with Crippen molar-refractivity contribution < 1.29 is 14.6 Å². The molecule has 176 valence electrons. The van der Waals surface area contributed by atoms with Gasteiger partial charge in [-0.3, -0.25) is 4.79 Å². The molecule has 6 nitrogen and oxygen atoms in total. The van der Waals surface area contributed by atoms with E-state index in [-0.39, 0.29) is 5.70 Å². The molecule has 0 fully saturated rings. The molecule has 0 bridgehead atoms. The average Bonchev–Trinajstić information content (AvgIpc) is 3.26. The topological polar surface area (TPSA) is 68.7 Å². The fraction of sp³-hybridized carbons (Fsp3) is 0.296. The van der Waals surface area contributed by atoms with Gasteiger partial charge in [-0.05, 0) is 61.0 Å². The third-order valence-electron chi connectivity index (χ3n) is 5.36. The minimum Gasteiger partial charge on any atom is -0.494 e. The second kappa shape index (κ2) is 12.6. The summed E-state index contributed by atoms with van der Waals surface area (Å²) in [4.78, 5) is 14.5. The van der Waals surface area contributed by atoms with Gasteiger partial charge in [0, 0.05) is 22.3 Å². The summed E-state index contributed by atoms with van der Waals surface area (Å²) in [6.07, 6.45) is 10.3. The molecule has 0 saturated heterocycles. The molecule has 1 N–H and O–H groups in total. The third-order valence-corrected chi connectivity index (χ3v) is 5.61. The summed E-state index contributed by atoms with van der Waals surface area (Å²) in [5, 5.41) is 14.6. The molecule has 3 rings (SSSR count). The van der Waals surface area contributed by atoms with E-state index in [2.05, 4.69) is 16.9 Å². The van der Waals surface area contributed by atoms with Crippen molar-refractivity contribution in [2.75, 3.05) is 6.61 Å². The van der Waals surface area contributed by atoms with Crippen molar-refractivity contribution in [1.82, 2.24) is 9.78 Å². The van der Waals surface area contributed by atoms with Crippen LogP contribution in [0.5, 0.6) is 5.75 Å². The standard InChI is InChI=1S/C27H28ClN3O3/c1-3-4-5-6-7-8-17-34-24-15-9-20(10-16-24)26-21(18-25(29-2)27(32)33)19-31(30-26)23-13-11-22(28)12-14-23/h9-16,18-19H,3-8,17H2,1H3,(H,32,33)/b25-18+. The van der Waals surface area contributed by atoms with Crippen LogP contribution in [0.3, 0.4) is 0 Å². The monoisotopic (exact) mass is 477 g/mol. The zero-order valence-electron chi connectivity index (χ0n) is 19.2. The Balaban J connectivity index is 1.79. The number of ether oxygens (including phenoxy) is 1. The van der Waals surface area contributed by atoms with Crippen molar-refractivity contribution in [3.63, 3.8) is 0 Å². The van der Waals surface area contributed by atoms with Gasteiger partial charge in [0.25, 0.3) is 5.70 Å². The quantitative estimate of drug-likeness (QED) is 0.169. The van der Waals surface area contributed by atoms with E-state index in [9.17, 15) is 9.90 Å². The summed E-state index contributed by atoms with van der Waals surface area (Å²) in [6.45, 7) is 10.1. The summed E-state index contributed by atoms with van der Waals surface area (Å²) >= 11 is 5.99. The minimum absolute atomic E-state index is 0.379. The summed E-state index contributed by atoms with van der Waals surface area (Å²) in [6, 6.07) is 14.7. The number of aliphatic carboxylic acids is 1. The maximum atomic E-state index is 11.4. The number of halogens is 1. The molecule has 0 radical (unpaired) electrons. The summed E-state index contributed by atoms with van der Waals surface area (Å²) < 4.78 is 7.51. The lowest BCUT2D eigenvalue weighted by Crippen LogP contribution is -1.97. The van der Waals surface area contributed by atoms with E-state index in [1.165, 1.54) is 38.2 Å². The van der Waals surface area contributed by atoms with Crippen LogP contribution in [0.25, 0.3) is 27.9 Å². The van der Waals surface area contributed by atoms with Crippen LogP contribution in [-0.2, 0) is 4.79 Å². The summed E-state index contributed by atoms with van der Waals surface area (Å²) in [5.41, 5.74) is 2.28. The Morgan fingerprint density at radius 3 is 2.41 bits per heavy atom. The molecule has 2 aromatic carbocycles. The largest absolute Gasteiger partial charge is 0.494 e. The molecule has 0 atom stereocenters. The average molecular weight is 478 g/mol. The first kappa shape index (κ1) is 25.1. The summed E-state index contributed by atoms with van der Waals surface area (Å²) in [7, 11) is 0. The molecule has 1 heterocycles. The van der Waals surface area contributed by atoms with Gasteiger partial charge >= 0.3 is 5.97 Å². The number of carboxylic acid groups (broad SMARTS) is 1. The SMILES string of the molecule is [C-]#[N+]/C(=C/c1cn(-c2ccc(Cl)cc2)nc1-c1ccc(OCCCCCCCC)cc1)C(=O)O. The number of hydrogen-bond donors (Lipinski definition) is 1. The predicted molar refractivity (Wildman–Crippen MR) is 135 cm³/mol. The van der Waals surface area contributed by atoms with Crippen LogP contribution in [0.4, 0.5) is 0 Å². The normalized spacial score (nSPS) is 11.3. The number of unbranched alkanes of at least 4 members (excludes halogenated alkanes) is 5. The molecule has 0 aliphatic heterocycles. The molecule has 0 aliphatic rings. The molecular weight excluding hydrogens is 450 g/mol. The molecular formula is C27H28ClN3O3. The lowest BCUT2D eigenvalue weighted by Gasteiger charge is -2.07. The summed E-state index contributed by atoms with van der Waals surface area (Å²) in [5.74, 6) is -0.502. The number of aromatic nitrogens is 2. The second-order valence-electron chi connectivity index (χ2n) is 7.94. The highest BCUT2D eigenvalue weighted by atomic mass is 35.5. The van der Waals surface area contributed by atoms with Crippen LogP contribution < -0.4 is 4.74 Å². The van der Waals surface area contributed by atoms with E-state index in [1.54, 1.807) is 23.0 Å². The van der Waals surface area contributed by atoms with Crippen LogP contribution in [0.2, 0.25) is 5.02 Å². The zero-order valence-corrected chi connectivity index (χ0v) is 20.0. The van der Waals surface area contributed by atoms with Gasteiger partial charge in [-0.15, -0.1) is 0 Å². The van der Waals surface area contributed by atoms with Gasteiger partial charge in [-0.2, -0.15) is 5.10 Å². The Morgan fingerprint density at radius 2 is 1.76 bits per heavy atom. The maximum Gasteiger partial charge on any atom is 0.333 e. The van der Waals surface area contributed by atoms with Crippen LogP contribution in [0, 0.1) is 6.57 Å². The smallest absolute Gasteiger partial charge is 0.333 e. The van der Waals surface area contributed by atoms with Crippen molar-refractivity contribution >= 4 is 23.6 Å². The molecule has 0 aliphatic carbocycles. The first-order valence-corrected chi connectivity index (χ1v) is 11.8. The van der Waals surface area contributed by atoms with E-state index >= 15 is 0 Å². The Morgan fingerprint density at radius 1 is 1.09 bits per heavy atom. The molecule has 34 heavy (non-hydrogen) atoms. The van der Waals surface area contributed by atoms with Gasteiger partial charge in [0.05, 0.1) is 24.6 Å². The first-order chi connectivity index (χ1) is 16.5. The van der Waals surface area contributed by atoms with Crippen LogP contribution >= 0.6 is 11.6 Å². The number of hydrogen-bond acceptors (Lipinski definition) is 3. The zero-order chi connectivity index (χ0) is 24.3. The lowest BCUT2D eigenvalue weighted by molar-refractivity contribution is -0.132. The molecule has 0 spiro atoms. The molecule has 1 aromatic heterocycles. The highest BCUT2D eigenvalue weighted by Gasteiger charge is 2.15. The Labute approximate surface area is 205 Å². The molecule has 0 unspecified atom stereocenters. The Hall–Kier alpha value is -3.56. The first-order valence-electron chi connectivity index (χ1n) is 11.4. The van der Waals surface area contributed by atoms with E-state index in [0.717, 1.165) is 23.4 Å². The van der Waals surface area contributed by atoms with Crippen molar-refractivity contribution in [2.45, 2.75) is 45.4 Å².